The predicted octanol–water partition coefficient (Wildman–Crippen LogP) is 2.21. The van der Waals surface area contributed by atoms with Gasteiger partial charge in [0.05, 0.1) is 36.1 Å². The Morgan fingerprint density at radius 2 is 1.48 bits per heavy atom. The van der Waals surface area contributed by atoms with Crippen LogP contribution in [0.5, 0.6) is 0 Å². The maximum Gasteiger partial charge on any atom is 0.337 e. The molecule has 2 saturated heterocycles. The molecular formula is C14H15NO4S2. The van der Waals surface area contributed by atoms with Crippen LogP contribution in [0.2, 0.25) is 0 Å². The molecule has 0 N–H and O–H groups in total. The number of nitrogens with zero attached hydrogens (tertiary/aromatic N) is 1. The summed E-state index contributed by atoms with van der Waals surface area (Å²) in [5, 5.41) is 0.803. The van der Waals surface area contributed by atoms with Crippen molar-refractivity contribution in [1.29, 1.82) is 0 Å². The van der Waals surface area contributed by atoms with E-state index in [1.165, 1.54) is 20.3 Å². The Morgan fingerprint density at radius 1 is 1.00 bits per heavy atom. The SMILES string of the molecule is COC(=O)c1cc(C(=O)OC)cc(N2C3CSC2CS3)c1. The first-order valence-electron chi connectivity index (χ1n) is 6.47. The van der Waals surface area contributed by atoms with Gasteiger partial charge in [0.2, 0.25) is 0 Å². The zero-order valence-electron chi connectivity index (χ0n) is 11.7. The number of hydrogen-bond donors (Lipinski definition) is 0. The Bertz CT molecular complexity index is 538. The number of esters is 2. The number of methoxy groups -OCH3 is 2. The molecular weight excluding hydrogens is 310 g/mol. The third-order valence-electron chi connectivity index (χ3n) is 3.54. The highest BCUT2D eigenvalue weighted by molar-refractivity contribution is 8.08. The van der Waals surface area contributed by atoms with Gasteiger partial charge in [-0.25, -0.2) is 9.59 Å². The van der Waals surface area contributed by atoms with Crippen molar-refractivity contribution in [2.24, 2.45) is 0 Å². The van der Waals surface area contributed by atoms with E-state index in [-0.39, 0.29) is 0 Å². The van der Waals surface area contributed by atoms with Crippen LogP contribution in [0.1, 0.15) is 20.7 Å². The van der Waals surface area contributed by atoms with E-state index >= 15 is 0 Å². The highest BCUT2D eigenvalue weighted by Crippen LogP contribution is 2.46. The minimum absolute atomic E-state index is 0.372. The molecule has 2 heterocycles. The Hall–Kier alpha value is -1.34. The van der Waals surface area contributed by atoms with Crippen molar-refractivity contribution >= 4 is 41.1 Å². The number of thioether (sulfide) groups is 2. The second-order valence-corrected chi connectivity index (χ2v) is 7.16. The standard InChI is InChI=1S/C14H15NO4S2/c1-18-13(16)8-3-9(14(17)19-2)5-10(4-8)15-11-6-20-12(15)7-21-11/h3-5,11-12H,6-7H2,1-2H3. The fourth-order valence-electron chi connectivity index (χ4n) is 2.55. The molecule has 21 heavy (non-hydrogen) atoms. The molecule has 2 atom stereocenters. The zero-order chi connectivity index (χ0) is 15.0. The molecule has 1 aromatic rings. The Labute approximate surface area is 131 Å². The molecule has 3 rings (SSSR count). The molecule has 0 amide bonds. The second kappa shape index (κ2) is 5.81. The summed E-state index contributed by atoms with van der Waals surface area (Å²) >= 11 is 3.82. The molecule has 2 unspecified atom stereocenters. The summed E-state index contributed by atoms with van der Waals surface area (Å²) in [4.78, 5) is 25.9. The van der Waals surface area contributed by atoms with Crippen LogP contribution in [-0.2, 0) is 9.47 Å². The van der Waals surface area contributed by atoms with Gasteiger partial charge in [0.1, 0.15) is 0 Å². The monoisotopic (exact) mass is 325 g/mol. The van der Waals surface area contributed by atoms with E-state index in [0.29, 0.717) is 21.9 Å². The van der Waals surface area contributed by atoms with Crippen LogP contribution in [0, 0.1) is 0 Å². The van der Waals surface area contributed by atoms with Crippen molar-refractivity contribution in [3.63, 3.8) is 0 Å². The largest absolute Gasteiger partial charge is 0.465 e. The van der Waals surface area contributed by atoms with Crippen molar-refractivity contribution in [3.8, 4) is 0 Å². The molecule has 0 aromatic heterocycles. The highest BCUT2D eigenvalue weighted by Gasteiger charge is 2.41. The topological polar surface area (TPSA) is 55.8 Å². The lowest BCUT2D eigenvalue weighted by Gasteiger charge is -2.23. The fourth-order valence-corrected chi connectivity index (χ4v) is 5.83. The minimum atomic E-state index is -0.450. The van der Waals surface area contributed by atoms with Gasteiger partial charge in [0.15, 0.2) is 0 Å². The summed E-state index contributed by atoms with van der Waals surface area (Å²) in [7, 11) is 2.66. The summed E-state index contributed by atoms with van der Waals surface area (Å²) in [5.74, 6) is 1.22. The number of rotatable bonds is 3. The van der Waals surface area contributed by atoms with E-state index in [4.69, 9.17) is 9.47 Å². The van der Waals surface area contributed by atoms with Crippen LogP contribution < -0.4 is 4.90 Å². The lowest BCUT2D eigenvalue weighted by molar-refractivity contribution is 0.0599. The fraction of sp³-hybridized carbons (Fsp3) is 0.429. The van der Waals surface area contributed by atoms with Crippen molar-refractivity contribution in [2.45, 2.75) is 10.7 Å². The van der Waals surface area contributed by atoms with E-state index in [0.717, 1.165) is 17.2 Å². The lowest BCUT2D eigenvalue weighted by atomic mass is 10.1. The molecule has 7 heteroatoms. The van der Waals surface area contributed by atoms with E-state index in [1.807, 2.05) is 23.5 Å². The first-order chi connectivity index (χ1) is 10.1. The van der Waals surface area contributed by atoms with Crippen LogP contribution in [-0.4, -0.2) is 48.4 Å². The van der Waals surface area contributed by atoms with Gasteiger partial charge in [-0.15, -0.1) is 23.5 Å². The van der Waals surface area contributed by atoms with Gasteiger partial charge >= 0.3 is 11.9 Å². The van der Waals surface area contributed by atoms with Crippen molar-refractivity contribution in [1.82, 2.24) is 0 Å². The zero-order valence-corrected chi connectivity index (χ0v) is 13.3. The molecule has 0 aliphatic carbocycles. The second-order valence-electron chi connectivity index (χ2n) is 4.73. The number of benzene rings is 1. The van der Waals surface area contributed by atoms with Gasteiger partial charge in [-0.05, 0) is 18.2 Å². The maximum absolute atomic E-state index is 11.8. The molecule has 2 fully saturated rings. The van der Waals surface area contributed by atoms with Crippen molar-refractivity contribution in [2.75, 3.05) is 30.6 Å². The van der Waals surface area contributed by atoms with E-state index in [2.05, 4.69) is 4.90 Å². The lowest BCUT2D eigenvalue weighted by Crippen LogP contribution is -2.28. The summed E-state index contributed by atoms with van der Waals surface area (Å²) in [6.45, 7) is 0. The quantitative estimate of drug-likeness (QED) is 0.790. The molecule has 2 aliphatic heterocycles. The van der Waals surface area contributed by atoms with Crippen LogP contribution in [0.3, 0.4) is 0 Å². The first-order valence-corrected chi connectivity index (χ1v) is 8.57. The summed E-state index contributed by atoms with van der Waals surface area (Å²) in [6.07, 6.45) is 0. The van der Waals surface area contributed by atoms with E-state index in [1.54, 1.807) is 12.1 Å². The average Bonchev–Trinajstić information content (AvgIpc) is 3.13. The number of carbonyl (C=O) groups is 2. The molecule has 112 valence electrons. The maximum atomic E-state index is 11.8. The Balaban J connectivity index is 2.03. The third-order valence-corrected chi connectivity index (χ3v) is 6.54. The number of carbonyl (C=O) groups excluding carboxylic acids is 2. The molecule has 5 nitrogen and oxygen atoms in total. The van der Waals surface area contributed by atoms with Gasteiger partial charge in [-0.3, -0.25) is 0 Å². The molecule has 0 radical (unpaired) electrons. The highest BCUT2D eigenvalue weighted by atomic mass is 32.2. The van der Waals surface area contributed by atoms with Crippen molar-refractivity contribution in [3.05, 3.63) is 29.3 Å². The van der Waals surface area contributed by atoms with E-state index < -0.39 is 11.9 Å². The number of fused-ring (bicyclic) bond motifs is 2. The molecule has 0 spiro atoms. The van der Waals surface area contributed by atoms with Gasteiger partial charge in [-0.1, -0.05) is 0 Å². The van der Waals surface area contributed by atoms with Crippen LogP contribution in [0.4, 0.5) is 5.69 Å². The van der Waals surface area contributed by atoms with Crippen LogP contribution in [0.25, 0.3) is 0 Å². The van der Waals surface area contributed by atoms with Crippen molar-refractivity contribution < 1.29 is 19.1 Å². The average molecular weight is 325 g/mol. The number of ether oxygens (including phenoxy) is 2. The van der Waals surface area contributed by atoms with Gasteiger partial charge in [-0.2, -0.15) is 0 Å². The van der Waals surface area contributed by atoms with Gasteiger partial charge < -0.3 is 14.4 Å². The van der Waals surface area contributed by atoms with E-state index in [9.17, 15) is 9.59 Å². The smallest absolute Gasteiger partial charge is 0.337 e. The normalized spacial score (nSPS) is 23.2. The Morgan fingerprint density at radius 3 is 1.86 bits per heavy atom. The number of anilines is 1. The first kappa shape index (κ1) is 14.6. The molecule has 0 saturated carbocycles. The minimum Gasteiger partial charge on any atom is -0.465 e. The van der Waals surface area contributed by atoms with Crippen LogP contribution >= 0.6 is 23.5 Å². The molecule has 1 aromatic carbocycles. The summed E-state index contributed by atoms with van der Waals surface area (Å²) in [6, 6.07) is 5.09. The molecule has 2 aliphatic rings. The summed E-state index contributed by atoms with van der Waals surface area (Å²) < 4.78 is 9.54. The van der Waals surface area contributed by atoms with Crippen LogP contribution in [0.15, 0.2) is 18.2 Å². The van der Waals surface area contributed by atoms with Gasteiger partial charge in [0, 0.05) is 17.2 Å². The predicted molar refractivity (Wildman–Crippen MR) is 84.1 cm³/mol. The summed E-state index contributed by atoms with van der Waals surface area (Å²) in [5.41, 5.74) is 1.62. The Kier molecular flexibility index (Phi) is 4.03. The number of hydrogen-bond acceptors (Lipinski definition) is 7. The van der Waals surface area contributed by atoms with Gasteiger partial charge in [0.25, 0.3) is 0 Å². The third kappa shape index (κ3) is 2.60. The molecule has 2 bridgehead atoms.